The maximum absolute atomic E-state index is 5.93. The number of halogens is 1. The molecule has 3 aromatic carbocycles. The molecule has 0 aliphatic rings. The Morgan fingerprint density at radius 3 is 2.17 bits per heavy atom. The molecular weight excluding hydrogens is 316 g/mol. The van der Waals surface area contributed by atoms with Crippen molar-refractivity contribution in [1.82, 2.24) is 4.98 Å². The van der Waals surface area contributed by atoms with E-state index in [-0.39, 0.29) is 12.4 Å². The summed E-state index contributed by atoms with van der Waals surface area (Å²) in [5.74, 6) is 0. The summed E-state index contributed by atoms with van der Waals surface area (Å²) in [6.07, 6.45) is 0. The number of hydrogen-bond donors (Lipinski definition) is 1. The fraction of sp³-hybridized carbons (Fsp3) is 0. The van der Waals surface area contributed by atoms with Gasteiger partial charge in [0.15, 0.2) is 0 Å². The Morgan fingerprint density at radius 2 is 1.38 bits per heavy atom. The highest BCUT2D eigenvalue weighted by Crippen LogP contribution is 2.32. The zero-order valence-corrected chi connectivity index (χ0v) is 13.8. The van der Waals surface area contributed by atoms with Crippen LogP contribution in [0.3, 0.4) is 0 Å². The van der Waals surface area contributed by atoms with Gasteiger partial charge in [-0.15, -0.1) is 12.4 Å². The number of benzene rings is 3. The van der Waals surface area contributed by atoms with Gasteiger partial charge in [0.25, 0.3) is 0 Å². The van der Waals surface area contributed by atoms with Crippen LogP contribution in [0.15, 0.2) is 84.9 Å². The number of nitrogens with two attached hydrogens (primary N) is 1. The van der Waals surface area contributed by atoms with Crippen LogP contribution in [0.5, 0.6) is 0 Å². The number of rotatable bonds is 2. The highest BCUT2D eigenvalue weighted by molar-refractivity contribution is 5.96. The maximum Gasteiger partial charge on any atom is 0.0716 e. The van der Waals surface area contributed by atoms with Crippen molar-refractivity contribution in [2.24, 2.45) is 0 Å². The van der Waals surface area contributed by atoms with E-state index in [0.29, 0.717) is 0 Å². The van der Waals surface area contributed by atoms with E-state index in [1.807, 2.05) is 36.4 Å². The van der Waals surface area contributed by atoms with E-state index in [0.717, 1.165) is 27.8 Å². The third-order valence-electron chi connectivity index (χ3n) is 3.98. The van der Waals surface area contributed by atoms with E-state index in [4.69, 9.17) is 10.7 Å². The molecule has 0 unspecified atom stereocenters. The molecule has 0 saturated heterocycles. The van der Waals surface area contributed by atoms with Gasteiger partial charge >= 0.3 is 0 Å². The molecule has 1 aromatic heterocycles. The predicted octanol–water partition coefficient (Wildman–Crippen LogP) is 5.57. The van der Waals surface area contributed by atoms with Crippen molar-refractivity contribution in [2.45, 2.75) is 0 Å². The van der Waals surface area contributed by atoms with Crippen molar-refractivity contribution in [3.63, 3.8) is 0 Å². The summed E-state index contributed by atoms with van der Waals surface area (Å²) in [4.78, 5) is 4.82. The number of fused-ring (bicyclic) bond motifs is 1. The Hall–Kier alpha value is -2.84. The van der Waals surface area contributed by atoms with Crippen molar-refractivity contribution < 1.29 is 0 Å². The van der Waals surface area contributed by atoms with Gasteiger partial charge in [0.05, 0.1) is 11.2 Å². The lowest BCUT2D eigenvalue weighted by atomic mass is 9.98. The van der Waals surface area contributed by atoms with E-state index >= 15 is 0 Å². The molecule has 0 atom stereocenters. The molecule has 1 heterocycles. The molecule has 118 valence electrons. The SMILES string of the molecule is Cl.Nc1cccc(-c2cc(-c3ccccc3)c3ccccc3n2)c1. The third kappa shape index (κ3) is 2.97. The Labute approximate surface area is 147 Å². The molecule has 24 heavy (non-hydrogen) atoms. The van der Waals surface area contributed by atoms with Gasteiger partial charge in [-0.2, -0.15) is 0 Å². The predicted molar refractivity (Wildman–Crippen MR) is 104 cm³/mol. The number of pyridine rings is 1. The molecular formula is C21H17ClN2. The Kier molecular flexibility index (Phi) is 4.50. The summed E-state index contributed by atoms with van der Waals surface area (Å²) >= 11 is 0. The van der Waals surface area contributed by atoms with Gasteiger partial charge < -0.3 is 5.73 Å². The largest absolute Gasteiger partial charge is 0.399 e. The van der Waals surface area contributed by atoms with Crippen molar-refractivity contribution in [3.05, 3.63) is 84.9 Å². The lowest BCUT2D eigenvalue weighted by Gasteiger charge is -2.10. The quantitative estimate of drug-likeness (QED) is 0.487. The van der Waals surface area contributed by atoms with Gasteiger partial charge in [0.2, 0.25) is 0 Å². The van der Waals surface area contributed by atoms with Crippen LogP contribution in [0.25, 0.3) is 33.3 Å². The molecule has 3 heteroatoms. The average Bonchev–Trinajstić information content (AvgIpc) is 2.61. The summed E-state index contributed by atoms with van der Waals surface area (Å²) in [6, 6.07) is 28.7. The van der Waals surface area contributed by atoms with Crippen LogP contribution in [0, 0.1) is 0 Å². The number of hydrogen-bond acceptors (Lipinski definition) is 2. The van der Waals surface area contributed by atoms with Gasteiger partial charge in [0.1, 0.15) is 0 Å². The van der Waals surface area contributed by atoms with E-state index < -0.39 is 0 Å². The molecule has 0 fully saturated rings. The number of anilines is 1. The van der Waals surface area contributed by atoms with Crippen molar-refractivity contribution >= 4 is 29.0 Å². The first-order valence-corrected chi connectivity index (χ1v) is 7.62. The van der Waals surface area contributed by atoms with Crippen molar-refractivity contribution in [1.29, 1.82) is 0 Å². The van der Waals surface area contributed by atoms with Crippen LogP contribution < -0.4 is 5.73 Å². The third-order valence-corrected chi connectivity index (χ3v) is 3.98. The van der Waals surface area contributed by atoms with E-state index in [2.05, 4.69) is 48.5 Å². The van der Waals surface area contributed by atoms with Crippen LogP contribution in [0.2, 0.25) is 0 Å². The zero-order valence-electron chi connectivity index (χ0n) is 13.0. The summed E-state index contributed by atoms with van der Waals surface area (Å²) in [7, 11) is 0. The van der Waals surface area contributed by atoms with Gasteiger partial charge in [-0.25, -0.2) is 4.98 Å². The summed E-state index contributed by atoms with van der Waals surface area (Å²) < 4.78 is 0. The highest BCUT2D eigenvalue weighted by atomic mass is 35.5. The highest BCUT2D eigenvalue weighted by Gasteiger charge is 2.09. The molecule has 4 aromatic rings. The minimum Gasteiger partial charge on any atom is -0.399 e. The van der Waals surface area contributed by atoms with Crippen LogP contribution in [0.4, 0.5) is 5.69 Å². The molecule has 0 spiro atoms. The standard InChI is InChI=1S/C21H16N2.ClH/c22-17-10-6-9-16(13-17)21-14-19(15-7-2-1-3-8-15)18-11-4-5-12-20(18)23-21;/h1-14H,22H2;1H. The summed E-state index contributed by atoms with van der Waals surface area (Å²) in [6.45, 7) is 0. The summed E-state index contributed by atoms with van der Waals surface area (Å²) in [5, 5.41) is 1.16. The number of para-hydroxylation sites is 1. The molecule has 4 rings (SSSR count). The van der Waals surface area contributed by atoms with Crippen molar-refractivity contribution in [3.8, 4) is 22.4 Å². The minimum absolute atomic E-state index is 0. The van der Waals surface area contributed by atoms with Gasteiger partial charge in [0, 0.05) is 16.6 Å². The molecule has 0 radical (unpaired) electrons. The maximum atomic E-state index is 5.93. The van der Waals surface area contributed by atoms with Gasteiger partial charge in [-0.1, -0.05) is 60.7 Å². The first-order valence-electron chi connectivity index (χ1n) is 7.62. The molecule has 2 nitrogen and oxygen atoms in total. The number of nitrogen functional groups attached to an aromatic ring is 1. The van der Waals surface area contributed by atoms with E-state index in [9.17, 15) is 0 Å². The molecule has 0 amide bonds. The first-order chi connectivity index (χ1) is 11.3. The number of aromatic nitrogens is 1. The number of nitrogens with zero attached hydrogens (tertiary/aromatic N) is 1. The normalized spacial score (nSPS) is 10.3. The second-order valence-electron chi connectivity index (χ2n) is 5.56. The second kappa shape index (κ2) is 6.73. The molecule has 0 aliphatic carbocycles. The van der Waals surface area contributed by atoms with Crippen LogP contribution in [-0.4, -0.2) is 4.98 Å². The smallest absolute Gasteiger partial charge is 0.0716 e. The van der Waals surface area contributed by atoms with Crippen LogP contribution >= 0.6 is 12.4 Å². The zero-order chi connectivity index (χ0) is 15.6. The topological polar surface area (TPSA) is 38.9 Å². The Morgan fingerprint density at radius 1 is 0.667 bits per heavy atom. The minimum atomic E-state index is 0. The van der Waals surface area contributed by atoms with Crippen LogP contribution in [0.1, 0.15) is 0 Å². The first kappa shape index (κ1) is 16.0. The molecule has 2 N–H and O–H groups in total. The van der Waals surface area contributed by atoms with E-state index in [1.54, 1.807) is 0 Å². The lowest BCUT2D eigenvalue weighted by Crippen LogP contribution is -1.91. The monoisotopic (exact) mass is 332 g/mol. The Balaban J connectivity index is 0.00000169. The van der Waals surface area contributed by atoms with Crippen LogP contribution in [-0.2, 0) is 0 Å². The average molecular weight is 333 g/mol. The fourth-order valence-electron chi connectivity index (χ4n) is 2.88. The molecule has 0 saturated carbocycles. The van der Waals surface area contributed by atoms with Crippen molar-refractivity contribution in [2.75, 3.05) is 5.73 Å². The molecule has 0 bridgehead atoms. The van der Waals surface area contributed by atoms with E-state index in [1.165, 1.54) is 11.1 Å². The summed E-state index contributed by atoms with van der Waals surface area (Å²) in [5.41, 5.74) is 12.0. The lowest BCUT2D eigenvalue weighted by molar-refractivity contribution is 1.40. The van der Waals surface area contributed by atoms with Gasteiger partial charge in [-0.05, 0) is 35.4 Å². The Bertz CT molecular complexity index is 981. The molecule has 0 aliphatic heterocycles. The van der Waals surface area contributed by atoms with Gasteiger partial charge in [-0.3, -0.25) is 0 Å². The second-order valence-corrected chi connectivity index (χ2v) is 5.56. The fourth-order valence-corrected chi connectivity index (χ4v) is 2.88.